The molecule has 0 atom stereocenters. The van der Waals surface area contributed by atoms with E-state index in [4.69, 9.17) is 5.26 Å². The summed E-state index contributed by atoms with van der Waals surface area (Å²) >= 11 is 3.28. The number of alkyl halides is 3. The monoisotopic (exact) mass is 451 g/mol. The second-order valence-corrected chi connectivity index (χ2v) is 7.55. The first-order chi connectivity index (χ1) is 13.0. The third kappa shape index (κ3) is 3.14. The molecule has 144 valence electrons. The molecule has 2 aromatic rings. The summed E-state index contributed by atoms with van der Waals surface area (Å²) in [4.78, 5) is 27.9. The van der Waals surface area contributed by atoms with Gasteiger partial charge < -0.3 is 0 Å². The van der Waals surface area contributed by atoms with E-state index in [0.29, 0.717) is 16.7 Å². The highest BCUT2D eigenvalue weighted by molar-refractivity contribution is 9.10. The Labute approximate surface area is 167 Å². The number of halogens is 4. The van der Waals surface area contributed by atoms with Crippen LogP contribution in [-0.4, -0.2) is 17.5 Å². The van der Waals surface area contributed by atoms with Gasteiger partial charge in [-0.15, -0.1) is 0 Å². The summed E-state index contributed by atoms with van der Waals surface area (Å²) < 4.78 is 40.6. The average Bonchev–Trinajstić information content (AvgIpc) is 2.79. The lowest BCUT2D eigenvalue weighted by molar-refractivity contribution is -0.137. The quantitative estimate of drug-likeness (QED) is 0.597. The number of hydrogen-bond donors (Lipinski definition) is 0. The van der Waals surface area contributed by atoms with E-state index in [1.807, 2.05) is 0 Å². The molecule has 9 heteroatoms. The number of amides is 3. The maximum Gasteiger partial charge on any atom is 0.417 e. The number of urea groups is 1. The zero-order chi connectivity index (χ0) is 20.9. The number of nitriles is 1. The van der Waals surface area contributed by atoms with Crippen LogP contribution < -0.4 is 9.80 Å². The zero-order valence-corrected chi connectivity index (χ0v) is 16.3. The maximum atomic E-state index is 13.3. The van der Waals surface area contributed by atoms with Crippen LogP contribution in [0.5, 0.6) is 0 Å². The molecule has 1 fully saturated rings. The summed E-state index contributed by atoms with van der Waals surface area (Å²) in [5.41, 5.74) is -2.91. The van der Waals surface area contributed by atoms with Crippen molar-refractivity contribution >= 4 is 39.2 Å². The van der Waals surface area contributed by atoms with Gasteiger partial charge in [0.2, 0.25) is 0 Å². The second-order valence-electron chi connectivity index (χ2n) is 6.63. The molecule has 3 amide bonds. The fourth-order valence-electron chi connectivity index (χ4n) is 3.05. The van der Waals surface area contributed by atoms with Crippen LogP contribution in [0.4, 0.5) is 29.3 Å². The van der Waals surface area contributed by atoms with Crippen molar-refractivity contribution in [2.75, 3.05) is 9.80 Å². The summed E-state index contributed by atoms with van der Waals surface area (Å²) in [7, 11) is 0. The van der Waals surface area contributed by atoms with Crippen LogP contribution in [0.2, 0.25) is 0 Å². The van der Waals surface area contributed by atoms with Gasteiger partial charge in [-0.1, -0.05) is 15.9 Å². The van der Waals surface area contributed by atoms with Gasteiger partial charge in [-0.2, -0.15) is 18.4 Å². The first kappa shape index (κ1) is 19.9. The van der Waals surface area contributed by atoms with Gasteiger partial charge in [0.15, 0.2) is 0 Å². The maximum absolute atomic E-state index is 13.3. The van der Waals surface area contributed by atoms with Gasteiger partial charge in [-0.25, -0.2) is 9.69 Å². The van der Waals surface area contributed by atoms with Crippen molar-refractivity contribution in [2.24, 2.45) is 0 Å². The zero-order valence-electron chi connectivity index (χ0n) is 14.7. The standard InChI is InChI=1S/C19H13BrF3N3O2/c1-18(2)16(27)25(17(28)26(18)13-7-4-12(20)5-8-13)14-6-3-11(10-24)15(9-14)19(21,22)23/h3-9H,1-2H3. The lowest BCUT2D eigenvalue weighted by Crippen LogP contribution is -2.44. The van der Waals surface area contributed by atoms with E-state index < -0.39 is 34.8 Å². The highest BCUT2D eigenvalue weighted by Crippen LogP contribution is 2.39. The SMILES string of the molecule is CC1(C)C(=O)N(c2ccc(C#N)c(C(F)(F)F)c2)C(=O)N1c1ccc(Br)cc1. The molecule has 0 saturated carbocycles. The van der Waals surface area contributed by atoms with E-state index in [1.165, 1.54) is 24.8 Å². The molecule has 1 heterocycles. The van der Waals surface area contributed by atoms with Crippen molar-refractivity contribution in [2.45, 2.75) is 25.6 Å². The van der Waals surface area contributed by atoms with Crippen LogP contribution in [0.1, 0.15) is 25.0 Å². The van der Waals surface area contributed by atoms with Gasteiger partial charge in [-0.3, -0.25) is 9.69 Å². The molecule has 1 aliphatic heterocycles. The topological polar surface area (TPSA) is 64.4 Å². The Hall–Kier alpha value is -2.86. The largest absolute Gasteiger partial charge is 0.417 e. The third-order valence-corrected chi connectivity index (χ3v) is 4.97. The van der Waals surface area contributed by atoms with Gasteiger partial charge in [0.1, 0.15) is 5.54 Å². The lowest BCUT2D eigenvalue weighted by Gasteiger charge is -2.27. The minimum atomic E-state index is -4.80. The fraction of sp³-hybridized carbons (Fsp3) is 0.211. The number of carbonyl (C=O) groups excluding carboxylic acids is 2. The number of hydrogen-bond acceptors (Lipinski definition) is 3. The Kier molecular flexibility index (Phi) is 4.71. The van der Waals surface area contributed by atoms with Crippen LogP contribution in [-0.2, 0) is 11.0 Å². The summed E-state index contributed by atoms with van der Waals surface area (Å²) in [6.45, 7) is 3.03. The van der Waals surface area contributed by atoms with E-state index in [9.17, 15) is 22.8 Å². The molecule has 0 aliphatic carbocycles. The molecular weight excluding hydrogens is 439 g/mol. The molecule has 3 rings (SSSR count). The van der Waals surface area contributed by atoms with Crippen LogP contribution in [0.25, 0.3) is 0 Å². The number of anilines is 2. The Balaban J connectivity index is 2.11. The van der Waals surface area contributed by atoms with Gasteiger partial charge in [0, 0.05) is 10.2 Å². The average molecular weight is 452 g/mol. The summed E-state index contributed by atoms with van der Waals surface area (Å²) in [6, 6.07) is 10.1. The number of nitrogens with zero attached hydrogens (tertiary/aromatic N) is 3. The van der Waals surface area contributed by atoms with E-state index >= 15 is 0 Å². The van der Waals surface area contributed by atoms with Crippen LogP contribution in [0.3, 0.4) is 0 Å². The molecule has 28 heavy (non-hydrogen) atoms. The molecule has 0 aromatic heterocycles. The normalized spacial score (nSPS) is 16.5. The van der Waals surface area contributed by atoms with Crippen molar-refractivity contribution in [1.82, 2.24) is 0 Å². The first-order valence-corrected chi connectivity index (χ1v) is 8.83. The molecule has 0 unspecified atom stereocenters. The van der Waals surface area contributed by atoms with Crippen LogP contribution >= 0.6 is 15.9 Å². The van der Waals surface area contributed by atoms with Crippen molar-refractivity contribution in [3.63, 3.8) is 0 Å². The number of benzene rings is 2. The van der Waals surface area contributed by atoms with Gasteiger partial charge in [0.05, 0.1) is 22.9 Å². The van der Waals surface area contributed by atoms with E-state index in [2.05, 4.69) is 15.9 Å². The molecule has 0 spiro atoms. The minimum absolute atomic E-state index is 0.242. The minimum Gasteiger partial charge on any atom is -0.279 e. The molecule has 0 N–H and O–H groups in total. The number of rotatable bonds is 2. The van der Waals surface area contributed by atoms with Gasteiger partial charge in [-0.05, 0) is 56.3 Å². The van der Waals surface area contributed by atoms with E-state index in [-0.39, 0.29) is 5.69 Å². The van der Waals surface area contributed by atoms with Gasteiger partial charge in [0.25, 0.3) is 5.91 Å². The van der Waals surface area contributed by atoms with E-state index in [0.717, 1.165) is 16.6 Å². The fourth-order valence-corrected chi connectivity index (χ4v) is 3.31. The molecule has 0 bridgehead atoms. The van der Waals surface area contributed by atoms with Crippen LogP contribution in [0, 0.1) is 11.3 Å². The van der Waals surface area contributed by atoms with E-state index in [1.54, 1.807) is 24.3 Å². The smallest absolute Gasteiger partial charge is 0.279 e. The molecule has 5 nitrogen and oxygen atoms in total. The Bertz CT molecular complexity index is 1010. The Morgan fingerprint density at radius 2 is 1.61 bits per heavy atom. The van der Waals surface area contributed by atoms with Crippen molar-refractivity contribution < 1.29 is 22.8 Å². The molecule has 0 radical (unpaired) electrons. The summed E-state index contributed by atoms with van der Waals surface area (Å²) in [6.07, 6.45) is -4.80. The third-order valence-electron chi connectivity index (χ3n) is 4.44. The van der Waals surface area contributed by atoms with Crippen molar-refractivity contribution in [3.8, 4) is 6.07 Å². The molecule has 1 aliphatic rings. The highest BCUT2D eigenvalue weighted by atomic mass is 79.9. The summed E-state index contributed by atoms with van der Waals surface area (Å²) in [5, 5.41) is 8.93. The second kappa shape index (κ2) is 6.63. The van der Waals surface area contributed by atoms with Gasteiger partial charge >= 0.3 is 12.2 Å². The lowest BCUT2D eigenvalue weighted by atomic mass is 10.0. The number of carbonyl (C=O) groups is 2. The number of imide groups is 1. The molecule has 2 aromatic carbocycles. The predicted octanol–water partition coefficient (Wildman–Crippen LogP) is 5.09. The van der Waals surface area contributed by atoms with Crippen molar-refractivity contribution in [1.29, 1.82) is 5.26 Å². The Morgan fingerprint density at radius 3 is 2.14 bits per heavy atom. The highest BCUT2D eigenvalue weighted by Gasteiger charge is 2.53. The van der Waals surface area contributed by atoms with Crippen LogP contribution in [0.15, 0.2) is 46.9 Å². The predicted molar refractivity (Wildman–Crippen MR) is 99.7 cm³/mol. The Morgan fingerprint density at radius 1 is 1.04 bits per heavy atom. The first-order valence-electron chi connectivity index (χ1n) is 8.04. The van der Waals surface area contributed by atoms with Crippen molar-refractivity contribution in [3.05, 3.63) is 58.1 Å². The molecule has 1 saturated heterocycles. The summed E-state index contributed by atoms with van der Waals surface area (Å²) in [5.74, 6) is -0.668. The molecular formula is C19H13BrF3N3O2.